The van der Waals surface area contributed by atoms with Crippen molar-refractivity contribution in [2.45, 2.75) is 45.3 Å². The number of fused-ring (bicyclic) bond motifs is 1. The molecule has 0 aromatic heterocycles. The van der Waals surface area contributed by atoms with Crippen molar-refractivity contribution in [1.82, 2.24) is 4.90 Å². The average Bonchev–Trinajstić information content (AvgIpc) is 3.23. The molecule has 1 unspecified atom stereocenters. The van der Waals surface area contributed by atoms with Gasteiger partial charge in [-0.15, -0.1) is 0 Å². The zero-order chi connectivity index (χ0) is 20.1. The molecule has 0 radical (unpaired) electrons. The van der Waals surface area contributed by atoms with Crippen molar-refractivity contribution in [3.05, 3.63) is 29.8 Å². The molecule has 1 aromatic carbocycles. The minimum Gasteiger partial charge on any atom is -0.492 e. The fourth-order valence-electron chi connectivity index (χ4n) is 6.62. The standard InChI is InChI=1S/C24H35NO4/c1-23(2)18-15-20-21(29-11-7-24(20,16-18)22(23)26)17-3-5-19(6-4-17)28-14-10-25-8-12-27-13-9-25/h3-6,18,20-22,26H,7-16H2,1-2H3/t18-,20-,21-,22-,24?/m1/s1. The lowest BCUT2D eigenvalue weighted by Gasteiger charge is -2.51. The second-order valence-corrected chi connectivity index (χ2v) is 10.1. The van der Waals surface area contributed by atoms with E-state index in [1.54, 1.807) is 0 Å². The number of hydrogen-bond acceptors (Lipinski definition) is 5. The predicted octanol–water partition coefficient (Wildman–Crippen LogP) is 3.27. The van der Waals surface area contributed by atoms with Crippen molar-refractivity contribution < 1.29 is 19.3 Å². The average molecular weight is 402 g/mol. The molecule has 2 saturated carbocycles. The summed E-state index contributed by atoms with van der Waals surface area (Å²) in [6, 6.07) is 8.48. The third kappa shape index (κ3) is 3.31. The Morgan fingerprint density at radius 3 is 2.62 bits per heavy atom. The Morgan fingerprint density at radius 2 is 1.90 bits per heavy atom. The molecule has 0 amide bonds. The largest absolute Gasteiger partial charge is 0.492 e. The summed E-state index contributed by atoms with van der Waals surface area (Å²) in [5.41, 5.74) is 1.31. The van der Waals surface area contributed by atoms with Gasteiger partial charge in [-0.3, -0.25) is 4.90 Å². The van der Waals surface area contributed by atoms with Crippen LogP contribution in [0.15, 0.2) is 24.3 Å². The van der Waals surface area contributed by atoms with Crippen LogP contribution in [0, 0.1) is 22.7 Å². The monoisotopic (exact) mass is 401 g/mol. The van der Waals surface area contributed by atoms with E-state index < -0.39 is 0 Å². The van der Waals surface area contributed by atoms with Crippen LogP contribution in [0.3, 0.4) is 0 Å². The Balaban J connectivity index is 1.22. The Labute approximate surface area is 174 Å². The van der Waals surface area contributed by atoms with Gasteiger partial charge >= 0.3 is 0 Å². The lowest BCUT2D eigenvalue weighted by atomic mass is 9.60. The minimum absolute atomic E-state index is 0.0383. The number of aliphatic hydroxyl groups excluding tert-OH is 1. The molecule has 2 saturated heterocycles. The van der Waals surface area contributed by atoms with Gasteiger partial charge < -0.3 is 19.3 Å². The molecule has 29 heavy (non-hydrogen) atoms. The number of rotatable bonds is 5. The van der Waals surface area contributed by atoms with E-state index in [1.807, 2.05) is 0 Å². The van der Waals surface area contributed by atoms with Gasteiger partial charge in [0, 0.05) is 31.7 Å². The second-order valence-electron chi connectivity index (χ2n) is 10.1. The van der Waals surface area contributed by atoms with E-state index in [0.29, 0.717) is 18.4 Å². The summed E-state index contributed by atoms with van der Waals surface area (Å²) >= 11 is 0. The molecule has 4 aliphatic rings. The summed E-state index contributed by atoms with van der Waals surface area (Å²) in [5.74, 6) is 1.95. The normalized spacial score (nSPS) is 38.7. The van der Waals surface area contributed by atoms with Crippen LogP contribution in [0.1, 0.15) is 44.8 Å². The van der Waals surface area contributed by atoms with Gasteiger partial charge in [0.05, 0.1) is 25.4 Å². The van der Waals surface area contributed by atoms with E-state index in [0.717, 1.165) is 58.0 Å². The molecule has 5 heteroatoms. The van der Waals surface area contributed by atoms with Gasteiger partial charge in [-0.25, -0.2) is 0 Å². The Hall–Kier alpha value is -1.14. The highest BCUT2D eigenvalue weighted by Gasteiger charge is 2.67. The van der Waals surface area contributed by atoms with Gasteiger partial charge in [-0.2, -0.15) is 0 Å². The maximum absolute atomic E-state index is 11.2. The van der Waals surface area contributed by atoms with E-state index >= 15 is 0 Å². The van der Waals surface area contributed by atoms with Gasteiger partial charge in [0.2, 0.25) is 0 Å². The Kier molecular flexibility index (Phi) is 5.14. The molecule has 160 valence electrons. The van der Waals surface area contributed by atoms with Crippen molar-refractivity contribution in [3.63, 3.8) is 0 Å². The smallest absolute Gasteiger partial charge is 0.119 e. The van der Waals surface area contributed by atoms with Gasteiger partial charge in [0.25, 0.3) is 0 Å². The molecule has 5 nitrogen and oxygen atoms in total. The molecule has 2 aliphatic carbocycles. The van der Waals surface area contributed by atoms with Crippen LogP contribution in [-0.2, 0) is 9.47 Å². The maximum atomic E-state index is 11.2. The Morgan fingerprint density at radius 1 is 1.14 bits per heavy atom. The molecule has 1 aromatic rings. The lowest BCUT2D eigenvalue weighted by Crippen LogP contribution is -2.51. The van der Waals surface area contributed by atoms with Gasteiger partial charge in [-0.05, 0) is 54.2 Å². The molecule has 2 heterocycles. The SMILES string of the molecule is CC1(C)[C@@H]2C[C@@H]3[C@@H](c4ccc(OCCN5CCOCC5)cc4)OCCC3(C2)[C@@H]1O. The summed E-state index contributed by atoms with van der Waals surface area (Å²) < 4.78 is 17.6. The highest BCUT2D eigenvalue weighted by Crippen LogP contribution is 2.70. The van der Waals surface area contributed by atoms with E-state index in [1.165, 1.54) is 12.0 Å². The first-order valence-corrected chi connectivity index (χ1v) is 11.3. The maximum Gasteiger partial charge on any atom is 0.119 e. The van der Waals surface area contributed by atoms with Crippen LogP contribution < -0.4 is 4.74 Å². The van der Waals surface area contributed by atoms with Crippen LogP contribution >= 0.6 is 0 Å². The van der Waals surface area contributed by atoms with Crippen LogP contribution in [-0.4, -0.2) is 62.2 Å². The lowest BCUT2D eigenvalue weighted by molar-refractivity contribution is -0.164. The second kappa shape index (κ2) is 7.52. The molecular formula is C24H35NO4. The summed E-state index contributed by atoms with van der Waals surface area (Å²) in [7, 11) is 0. The van der Waals surface area contributed by atoms with Crippen molar-refractivity contribution in [1.29, 1.82) is 0 Å². The third-order valence-electron chi connectivity index (χ3n) is 8.42. The van der Waals surface area contributed by atoms with Crippen molar-refractivity contribution >= 4 is 0 Å². The zero-order valence-corrected chi connectivity index (χ0v) is 17.8. The summed E-state index contributed by atoms with van der Waals surface area (Å²) in [4.78, 5) is 2.38. The molecule has 2 bridgehead atoms. The summed E-state index contributed by atoms with van der Waals surface area (Å²) in [5, 5.41) is 11.2. The van der Waals surface area contributed by atoms with Gasteiger partial charge in [0.1, 0.15) is 12.4 Å². The van der Waals surface area contributed by atoms with E-state index in [-0.39, 0.29) is 23.0 Å². The summed E-state index contributed by atoms with van der Waals surface area (Å²) in [6.07, 6.45) is 3.22. The highest BCUT2D eigenvalue weighted by molar-refractivity contribution is 5.31. The number of benzene rings is 1. The van der Waals surface area contributed by atoms with E-state index in [9.17, 15) is 5.11 Å². The number of ether oxygens (including phenoxy) is 3. The molecule has 5 rings (SSSR count). The molecule has 2 aliphatic heterocycles. The topological polar surface area (TPSA) is 51.2 Å². The van der Waals surface area contributed by atoms with Crippen molar-refractivity contribution in [2.75, 3.05) is 46.1 Å². The van der Waals surface area contributed by atoms with Gasteiger partial charge in [-0.1, -0.05) is 26.0 Å². The number of morpholine rings is 1. The van der Waals surface area contributed by atoms with Crippen LogP contribution in [0.25, 0.3) is 0 Å². The van der Waals surface area contributed by atoms with Crippen LogP contribution in [0.5, 0.6) is 5.75 Å². The minimum atomic E-state index is -0.215. The number of nitrogens with zero attached hydrogens (tertiary/aromatic N) is 1. The van der Waals surface area contributed by atoms with Crippen molar-refractivity contribution in [2.24, 2.45) is 22.7 Å². The fourth-order valence-corrected chi connectivity index (χ4v) is 6.62. The van der Waals surface area contributed by atoms with Crippen LogP contribution in [0.2, 0.25) is 0 Å². The number of hydrogen-bond donors (Lipinski definition) is 1. The first kappa shape index (κ1) is 19.8. The molecule has 4 fully saturated rings. The third-order valence-corrected chi connectivity index (χ3v) is 8.42. The molecule has 5 atom stereocenters. The molecule has 1 spiro atoms. The number of aliphatic hydroxyl groups is 1. The first-order chi connectivity index (χ1) is 14.0. The molecule has 1 N–H and O–H groups in total. The van der Waals surface area contributed by atoms with E-state index in [2.05, 4.69) is 43.0 Å². The van der Waals surface area contributed by atoms with E-state index in [4.69, 9.17) is 14.2 Å². The predicted molar refractivity (Wildman–Crippen MR) is 111 cm³/mol. The fraction of sp³-hybridized carbons (Fsp3) is 0.750. The highest BCUT2D eigenvalue weighted by atomic mass is 16.5. The first-order valence-electron chi connectivity index (χ1n) is 11.3. The molecular weight excluding hydrogens is 366 g/mol. The zero-order valence-electron chi connectivity index (χ0n) is 17.8. The Bertz CT molecular complexity index is 714. The van der Waals surface area contributed by atoms with Crippen LogP contribution in [0.4, 0.5) is 0 Å². The van der Waals surface area contributed by atoms with Gasteiger partial charge in [0.15, 0.2) is 0 Å². The van der Waals surface area contributed by atoms with Crippen molar-refractivity contribution in [3.8, 4) is 5.75 Å². The summed E-state index contributed by atoms with van der Waals surface area (Å²) in [6.45, 7) is 10.5. The quantitative estimate of drug-likeness (QED) is 0.821.